The van der Waals surface area contributed by atoms with E-state index in [1.807, 2.05) is 6.33 Å². The predicted molar refractivity (Wildman–Crippen MR) is 133 cm³/mol. The van der Waals surface area contributed by atoms with Crippen LogP contribution in [0.4, 0.5) is 0 Å². The molecule has 0 radical (unpaired) electrons. The van der Waals surface area contributed by atoms with Crippen molar-refractivity contribution in [3.63, 3.8) is 0 Å². The zero-order chi connectivity index (χ0) is 22.2. The second-order valence-corrected chi connectivity index (χ2v) is 8.69. The van der Waals surface area contributed by atoms with E-state index in [2.05, 4.69) is 121 Å². The summed E-state index contributed by atoms with van der Waals surface area (Å²) in [5.41, 5.74) is 4.37. The maximum atomic E-state index is 4.84. The van der Waals surface area contributed by atoms with E-state index < -0.39 is 5.54 Å². The van der Waals surface area contributed by atoms with Gasteiger partial charge in [0, 0.05) is 6.20 Å². The molecular weight excluding hydrogens is 390 g/mol. The van der Waals surface area contributed by atoms with E-state index in [4.69, 9.17) is 4.98 Å². The number of unbranched alkanes of at least 4 members (excludes halogenated alkanes) is 2. The Labute approximate surface area is 192 Å². The van der Waals surface area contributed by atoms with Crippen LogP contribution in [-0.2, 0) is 12.0 Å². The quantitative estimate of drug-likeness (QED) is 0.230. The van der Waals surface area contributed by atoms with Crippen molar-refractivity contribution in [1.29, 1.82) is 0 Å². The molecule has 0 saturated carbocycles. The fraction of sp³-hybridized carbons (Fsp3) is 0.276. The molecular formula is C29H33N3. The van der Waals surface area contributed by atoms with E-state index in [0.29, 0.717) is 0 Å². The SMILES string of the molecule is CN(C)CCCCCc1cn(C(c2ccccc2)(c2ccccc2)c2ccccc2)cn1. The average Bonchev–Trinajstić information content (AvgIpc) is 3.30. The van der Waals surface area contributed by atoms with Crippen molar-refractivity contribution < 1.29 is 0 Å². The first-order chi connectivity index (χ1) is 15.7. The minimum atomic E-state index is -0.472. The second kappa shape index (κ2) is 10.4. The number of rotatable bonds is 10. The topological polar surface area (TPSA) is 21.1 Å². The summed E-state index contributed by atoms with van der Waals surface area (Å²) in [5.74, 6) is 0. The molecule has 0 aliphatic carbocycles. The molecule has 4 aromatic rings. The van der Waals surface area contributed by atoms with E-state index in [1.54, 1.807) is 0 Å². The maximum Gasteiger partial charge on any atom is 0.121 e. The van der Waals surface area contributed by atoms with Crippen molar-refractivity contribution in [2.75, 3.05) is 20.6 Å². The lowest BCUT2D eigenvalue weighted by molar-refractivity contribution is 0.391. The van der Waals surface area contributed by atoms with Gasteiger partial charge in [0.1, 0.15) is 5.54 Å². The molecule has 3 nitrogen and oxygen atoms in total. The van der Waals surface area contributed by atoms with Crippen LogP contribution in [0.25, 0.3) is 0 Å². The Kier molecular flexibility index (Phi) is 7.18. The first kappa shape index (κ1) is 22.0. The Hall–Kier alpha value is -3.17. The van der Waals surface area contributed by atoms with Gasteiger partial charge in [-0.25, -0.2) is 4.98 Å². The predicted octanol–water partition coefficient (Wildman–Crippen LogP) is 6.00. The van der Waals surface area contributed by atoms with Crippen molar-refractivity contribution in [1.82, 2.24) is 14.5 Å². The third-order valence-corrected chi connectivity index (χ3v) is 6.14. The van der Waals surface area contributed by atoms with Gasteiger partial charge in [-0.2, -0.15) is 0 Å². The van der Waals surface area contributed by atoms with E-state index in [-0.39, 0.29) is 0 Å². The standard InChI is InChI=1S/C29H33N3/c1-31(2)22-14-6-13-21-28-23-32(24-30-28)29(25-15-7-3-8-16-25,26-17-9-4-10-18-26)27-19-11-5-12-20-27/h3-5,7-12,15-20,23-24H,6,13-14,21-22H2,1-2H3. The third kappa shape index (κ3) is 4.68. The number of imidazole rings is 1. The van der Waals surface area contributed by atoms with E-state index in [0.717, 1.165) is 18.7 Å². The summed E-state index contributed by atoms with van der Waals surface area (Å²) in [6.45, 7) is 1.15. The van der Waals surface area contributed by atoms with Gasteiger partial charge in [-0.3, -0.25) is 0 Å². The molecule has 0 aliphatic heterocycles. The van der Waals surface area contributed by atoms with Gasteiger partial charge < -0.3 is 9.47 Å². The molecule has 0 aliphatic rings. The molecule has 164 valence electrons. The highest BCUT2D eigenvalue weighted by molar-refractivity contribution is 5.50. The molecule has 0 saturated heterocycles. The van der Waals surface area contributed by atoms with Crippen molar-refractivity contribution in [3.05, 3.63) is 126 Å². The number of aryl methyl sites for hydroxylation is 1. The summed E-state index contributed by atoms with van der Waals surface area (Å²) in [7, 11) is 4.27. The van der Waals surface area contributed by atoms with Crippen molar-refractivity contribution in [2.24, 2.45) is 0 Å². The monoisotopic (exact) mass is 423 g/mol. The number of hydrogen-bond donors (Lipinski definition) is 0. The zero-order valence-electron chi connectivity index (χ0n) is 19.2. The number of aromatic nitrogens is 2. The molecule has 32 heavy (non-hydrogen) atoms. The Morgan fingerprint density at radius 3 is 1.66 bits per heavy atom. The molecule has 0 unspecified atom stereocenters. The molecule has 0 N–H and O–H groups in total. The average molecular weight is 424 g/mol. The second-order valence-electron chi connectivity index (χ2n) is 8.69. The largest absolute Gasteiger partial charge is 0.319 e. The van der Waals surface area contributed by atoms with Crippen LogP contribution >= 0.6 is 0 Å². The summed E-state index contributed by atoms with van der Waals surface area (Å²) in [5, 5.41) is 0. The van der Waals surface area contributed by atoms with Crippen LogP contribution in [0.1, 0.15) is 41.6 Å². The Balaban J connectivity index is 1.75. The minimum absolute atomic E-state index is 0.472. The molecule has 3 aromatic carbocycles. The lowest BCUT2D eigenvalue weighted by Gasteiger charge is -2.37. The van der Waals surface area contributed by atoms with Crippen LogP contribution in [0.15, 0.2) is 104 Å². The Morgan fingerprint density at radius 2 is 1.19 bits per heavy atom. The van der Waals surface area contributed by atoms with Gasteiger partial charge in [0.2, 0.25) is 0 Å². The Bertz CT molecular complexity index is 972. The number of benzene rings is 3. The van der Waals surface area contributed by atoms with Gasteiger partial charge in [0.05, 0.1) is 12.0 Å². The lowest BCUT2D eigenvalue weighted by Crippen LogP contribution is -2.36. The fourth-order valence-corrected chi connectivity index (χ4v) is 4.57. The zero-order valence-corrected chi connectivity index (χ0v) is 19.2. The summed E-state index contributed by atoms with van der Waals surface area (Å²) in [6, 6.07) is 32.3. The maximum absolute atomic E-state index is 4.84. The van der Waals surface area contributed by atoms with Crippen LogP contribution in [0.2, 0.25) is 0 Å². The molecule has 0 amide bonds. The van der Waals surface area contributed by atoms with Crippen molar-refractivity contribution in [3.8, 4) is 0 Å². The number of nitrogens with zero attached hydrogens (tertiary/aromatic N) is 3. The molecule has 1 aromatic heterocycles. The van der Waals surface area contributed by atoms with Crippen molar-refractivity contribution >= 4 is 0 Å². The van der Waals surface area contributed by atoms with Crippen LogP contribution in [0, 0.1) is 0 Å². The smallest absolute Gasteiger partial charge is 0.121 e. The van der Waals surface area contributed by atoms with E-state index in [1.165, 1.54) is 36.0 Å². The number of hydrogen-bond acceptors (Lipinski definition) is 2. The highest BCUT2D eigenvalue weighted by Crippen LogP contribution is 2.40. The first-order valence-corrected chi connectivity index (χ1v) is 11.6. The fourth-order valence-electron chi connectivity index (χ4n) is 4.57. The third-order valence-electron chi connectivity index (χ3n) is 6.14. The van der Waals surface area contributed by atoms with Crippen LogP contribution in [0.5, 0.6) is 0 Å². The van der Waals surface area contributed by atoms with Crippen LogP contribution in [0.3, 0.4) is 0 Å². The van der Waals surface area contributed by atoms with Gasteiger partial charge in [-0.05, 0) is 56.6 Å². The molecule has 4 rings (SSSR count). The van der Waals surface area contributed by atoms with Gasteiger partial charge in [0.15, 0.2) is 0 Å². The van der Waals surface area contributed by atoms with Gasteiger partial charge in [0.25, 0.3) is 0 Å². The highest BCUT2D eigenvalue weighted by Gasteiger charge is 2.38. The normalized spacial score (nSPS) is 11.7. The summed E-state index contributed by atoms with van der Waals surface area (Å²) in [4.78, 5) is 7.10. The minimum Gasteiger partial charge on any atom is -0.319 e. The summed E-state index contributed by atoms with van der Waals surface area (Å²) < 4.78 is 2.31. The lowest BCUT2D eigenvalue weighted by atomic mass is 9.77. The molecule has 3 heteroatoms. The van der Waals surface area contributed by atoms with Crippen LogP contribution < -0.4 is 0 Å². The first-order valence-electron chi connectivity index (χ1n) is 11.6. The highest BCUT2D eigenvalue weighted by atomic mass is 15.1. The van der Waals surface area contributed by atoms with Gasteiger partial charge >= 0.3 is 0 Å². The summed E-state index contributed by atoms with van der Waals surface area (Å²) in [6.07, 6.45) is 8.90. The Morgan fingerprint density at radius 1 is 0.688 bits per heavy atom. The molecule has 0 atom stereocenters. The molecule has 0 fully saturated rings. The van der Waals surface area contributed by atoms with Gasteiger partial charge in [-0.1, -0.05) is 97.4 Å². The molecule has 1 heterocycles. The van der Waals surface area contributed by atoms with E-state index in [9.17, 15) is 0 Å². The van der Waals surface area contributed by atoms with E-state index >= 15 is 0 Å². The molecule has 0 spiro atoms. The molecule has 0 bridgehead atoms. The van der Waals surface area contributed by atoms with Crippen molar-refractivity contribution in [2.45, 2.75) is 31.2 Å². The van der Waals surface area contributed by atoms with Crippen LogP contribution in [-0.4, -0.2) is 35.1 Å². The van der Waals surface area contributed by atoms with Gasteiger partial charge in [-0.15, -0.1) is 0 Å². The summed E-state index contributed by atoms with van der Waals surface area (Å²) >= 11 is 0.